The number of hydrogen-bond donors (Lipinski definition) is 2. The zero-order chi connectivity index (χ0) is 13.3. The Bertz CT molecular complexity index is 619. The summed E-state index contributed by atoms with van der Waals surface area (Å²) >= 11 is 10.1. The maximum absolute atomic E-state index is 12.1. The molecule has 9 heteroatoms. The summed E-state index contributed by atoms with van der Waals surface area (Å²) in [7, 11) is -3.59. The van der Waals surface area contributed by atoms with Crippen molar-refractivity contribution in [2.45, 2.75) is 17.2 Å². The summed E-state index contributed by atoms with van der Waals surface area (Å²) in [5, 5.41) is 0.381. The van der Waals surface area contributed by atoms with E-state index in [4.69, 9.17) is 11.6 Å². The van der Waals surface area contributed by atoms with Gasteiger partial charge in [-0.25, -0.2) is 18.1 Å². The highest BCUT2D eigenvalue weighted by Crippen LogP contribution is 2.34. The standard InChI is InChI=1S/C9H9BrClN3O2S2/c1-5(9-12-2-3-13-9)14-18(15,16)7-4-6(11)8(10)17-7/h2-5,14H,1H3,(H,12,13). The lowest BCUT2D eigenvalue weighted by atomic mass is 10.3. The van der Waals surface area contributed by atoms with E-state index in [0.717, 1.165) is 11.3 Å². The van der Waals surface area contributed by atoms with Gasteiger partial charge in [-0.1, -0.05) is 11.6 Å². The van der Waals surface area contributed by atoms with Crippen LogP contribution in [0.2, 0.25) is 5.02 Å². The van der Waals surface area contributed by atoms with Crippen molar-refractivity contribution >= 4 is 48.9 Å². The minimum absolute atomic E-state index is 0.165. The third-order valence-corrected chi connectivity index (χ3v) is 6.64. The van der Waals surface area contributed by atoms with Crippen LogP contribution in [0.25, 0.3) is 0 Å². The van der Waals surface area contributed by atoms with Crippen LogP contribution in [0.1, 0.15) is 18.8 Å². The summed E-state index contributed by atoms with van der Waals surface area (Å²) < 4.78 is 27.4. The minimum atomic E-state index is -3.59. The molecule has 2 aromatic rings. The number of nitrogens with zero attached hydrogens (tertiary/aromatic N) is 1. The Hall–Kier alpha value is -0.410. The molecule has 0 saturated heterocycles. The highest BCUT2D eigenvalue weighted by Gasteiger charge is 2.22. The molecular weight excluding hydrogens is 362 g/mol. The van der Waals surface area contributed by atoms with Gasteiger partial charge in [0.25, 0.3) is 10.0 Å². The lowest BCUT2D eigenvalue weighted by molar-refractivity contribution is 0.563. The molecule has 5 nitrogen and oxygen atoms in total. The smallest absolute Gasteiger partial charge is 0.250 e. The largest absolute Gasteiger partial charge is 0.347 e. The van der Waals surface area contributed by atoms with Crippen LogP contribution in [-0.4, -0.2) is 18.4 Å². The molecule has 2 heterocycles. The van der Waals surface area contributed by atoms with Gasteiger partial charge in [0, 0.05) is 12.4 Å². The number of rotatable bonds is 4. The Labute approximate surface area is 122 Å². The van der Waals surface area contributed by atoms with Gasteiger partial charge in [-0.2, -0.15) is 0 Å². The normalized spacial score (nSPS) is 13.7. The monoisotopic (exact) mass is 369 g/mol. The Morgan fingerprint density at radius 3 is 2.83 bits per heavy atom. The second-order valence-electron chi connectivity index (χ2n) is 3.50. The molecule has 2 N–H and O–H groups in total. The van der Waals surface area contributed by atoms with Gasteiger partial charge in [0.2, 0.25) is 0 Å². The van der Waals surface area contributed by atoms with Crippen LogP contribution in [0.5, 0.6) is 0 Å². The third kappa shape index (κ3) is 2.94. The maximum Gasteiger partial charge on any atom is 0.250 e. The molecule has 0 fully saturated rings. The first-order chi connectivity index (χ1) is 8.40. The van der Waals surface area contributed by atoms with Crippen LogP contribution in [0.3, 0.4) is 0 Å². The van der Waals surface area contributed by atoms with Crippen molar-refractivity contribution in [1.29, 1.82) is 0 Å². The number of H-pyrrole nitrogens is 1. The summed E-state index contributed by atoms with van der Waals surface area (Å²) in [6, 6.07) is 0.970. The van der Waals surface area contributed by atoms with Crippen LogP contribution in [-0.2, 0) is 10.0 Å². The number of imidazole rings is 1. The zero-order valence-corrected chi connectivity index (χ0v) is 13.1. The second kappa shape index (κ2) is 5.30. The van der Waals surface area contributed by atoms with E-state index in [0.29, 0.717) is 14.6 Å². The predicted octanol–water partition coefficient (Wildman–Crippen LogP) is 2.93. The fourth-order valence-electron chi connectivity index (χ4n) is 1.32. The molecule has 2 rings (SSSR count). The van der Waals surface area contributed by atoms with Gasteiger partial charge in [-0.05, 0) is 28.9 Å². The molecule has 2 aromatic heterocycles. The molecule has 0 aliphatic heterocycles. The second-order valence-corrected chi connectivity index (χ2v) is 8.22. The molecule has 1 unspecified atom stereocenters. The Kier molecular flexibility index (Phi) is 4.12. The molecule has 0 bridgehead atoms. The third-order valence-electron chi connectivity index (χ3n) is 2.15. The highest BCUT2D eigenvalue weighted by atomic mass is 79.9. The molecule has 0 radical (unpaired) electrons. The molecule has 0 aliphatic carbocycles. The lowest BCUT2D eigenvalue weighted by Gasteiger charge is -2.10. The number of halogens is 2. The molecule has 0 saturated carbocycles. The fourth-order valence-corrected chi connectivity index (χ4v) is 4.94. The molecule has 0 amide bonds. The van der Waals surface area contributed by atoms with E-state index in [9.17, 15) is 8.42 Å². The van der Waals surface area contributed by atoms with Gasteiger partial charge in [0.15, 0.2) is 0 Å². The number of aromatic amines is 1. The average molecular weight is 371 g/mol. The number of hydrogen-bond acceptors (Lipinski definition) is 4. The summed E-state index contributed by atoms with van der Waals surface area (Å²) in [5.74, 6) is 0.556. The molecule has 1 atom stereocenters. The van der Waals surface area contributed by atoms with Crippen molar-refractivity contribution in [3.8, 4) is 0 Å². The van der Waals surface area contributed by atoms with Crippen LogP contribution in [0, 0.1) is 0 Å². The highest BCUT2D eigenvalue weighted by molar-refractivity contribution is 9.11. The van der Waals surface area contributed by atoms with Crippen molar-refractivity contribution in [3.63, 3.8) is 0 Å². The van der Waals surface area contributed by atoms with Crippen molar-refractivity contribution in [2.75, 3.05) is 0 Å². The van der Waals surface area contributed by atoms with Gasteiger partial charge in [-0.15, -0.1) is 11.3 Å². The van der Waals surface area contributed by atoms with Crippen molar-refractivity contribution < 1.29 is 8.42 Å². The molecular formula is C9H9BrClN3O2S2. The SMILES string of the molecule is CC(NS(=O)(=O)c1cc(Cl)c(Br)s1)c1ncc[nH]1. The van der Waals surface area contributed by atoms with Crippen molar-refractivity contribution in [1.82, 2.24) is 14.7 Å². The van der Waals surface area contributed by atoms with Crippen molar-refractivity contribution in [3.05, 3.63) is 33.1 Å². The van der Waals surface area contributed by atoms with Crippen molar-refractivity contribution in [2.24, 2.45) is 0 Å². The summed E-state index contributed by atoms with van der Waals surface area (Å²) in [5.41, 5.74) is 0. The number of thiophene rings is 1. The van der Waals surface area contributed by atoms with Gasteiger partial charge >= 0.3 is 0 Å². The van der Waals surface area contributed by atoms with E-state index in [-0.39, 0.29) is 4.21 Å². The number of aromatic nitrogens is 2. The van der Waals surface area contributed by atoms with Gasteiger partial charge in [0.1, 0.15) is 10.0 Å². The zero-order valence-electron chi connectivity index (χ0n) is 9.15. The van der Waals surface area contributed by atoms with E-state index >= 15 is 0 Å². The summed E-state index contributed by atoms with van der Waals surface area (Å²) in [6.07, 6.45) is 3.21. The quantitative estimate of drug-likeness (QED) is 0.869. The van der Waals surface area contributed by atoms with E-state index in [1.807, 2.05) is 0 Å². The Morgan fingerprint density at radius 2 is 2.33 bits per heavy atom. The summed E-state index contributed by atoms with van der Waals surface area (Å²) in [6.45, 7) is 1.71. The molecule has 0 aliphatic rings. The van der Waals surface area contributed by atoms with Gasteiger partial charge < -0.3 is 4.98 Å². The average Bonchev–Trinajstić information content (AvgIpc) is 2.89. The first-order valence-corrected chi connectivity index (χ1v) is 8.33. The minimum Gasteiger partial charge on any atom is -0.347 e. The lowest BCUT2D eigenvalue weighted by Crippen LogP contribution is -2.26. The number of nitrogens with one attached hydrogen (secondary N) is 2. The Morgan fingerprint density at radius 1 is 1.61 bits per heavy atom. The van der Waals surface area contributed by atoms with Crippen LogP contribution < -0.4 is 4.72 Å². The number of sulfonamides is 1. The van der Waals surface area contributed by atoms with Gasteiger partial charge in [-0.3, -0.25) is 0 Å². The Balaban J connectivity index is 2.22. The first-order valence-electron chi connectivity index (χ1n) is 4.86. The predicted molar refractivity (Wildman–Crippen MR) is 74.4 cm³/mol. The molecule has 0 spiro atoms. The molecule has 18 heavy (non-hydrogen) atoms. The molecule has 0 aromatic carbocycles. The topological polar surface area (TPSA) is 74.8 Å². The van der Waals surface area contributed by atoms with E-state index < -0.39 is 16.1 Å². The van der Waals surface area contributed by atoms with Crippen LogP contribution in [0.4, 0.5) is 0 Å². The summed E-state index contributed by atoms with van der Waals surface area (Å²) in [4.78, 5) is 6.86. The van der Waals surface area contributed by atoms with E-state index in [1.165, 1.54) is 6.07 Å². The van der Waals surface area contributed by atoms with E-state index in [2.05, 4.69) is 30.6 Å². The maximum atomic E-state index is 12.1. The van der Waals surface area contributed by atoms with Crippen LogP contribution in [0.15, 0.2) is 26.5 Å². The van der Waals surface area contributed by atoms with Gasteiger partial charge in [0.05, 0.1) is 14.9 Å². The first kappa shape index (κ1) is 14.0. The molecule has 98 valence electrons. The van der Waals surface area contributed by atoms with Crippen LogP contribution >= 0.6 is 38.9 Å². The fraction of sp³-hybridized carbons (Fsp3) is 0.222. The van der Waals surface area contributed by atoms with E-state index in [1.54, 1.807) is 19.3 Å².